The summed E-state index contributed by atoms with van der Waals surface area (Å²) in [4.78, 5) is 9.30. The van der Waals surface area contributed by atoms with Crippen LogP contribution in [0.5, 0.6) is 0 Å². The van der Waals surface area contributed by atoms with E-state index in [0.29, 0.717) is 0 Å². The molecule has 0 unspecified atom stereocenters. The van der Waals surface area contributed by atoms with E-state index < -0.39 is 0 Å². The first-order valence-corrected chi connectivity index (χ1v) is 9.24. The fourth-order valence-electron chi connectivity index (χ4n) is 3.65. The summed E-state index contributed by atoms with van der Waals surface area (Å²) in [5.74, 6) is 0.631. The first-order valence-electron chi connectivity index (χ1n) is 9.24. The number of rotatable bonds is 7. The van der Waals surface area contributed by atoms with Gasteiger partial charge in [0.2, 0.25) is 0 Å². The largest absolute Gasteiger partial charge is 0.303 e. The van der Waals surface area contributed by atoms with Crippen LogP contribution < -0.4 is 0 Å². The van der Waals surface area contributed by atoms with Gasteiger partial charge in [0, 0.05) is 25.8 Å². The number of hydrogen-bond donors (Lipinski definition) is 0. The number of benzene rings is 1. The lowest BCUT2D eigenvalue weighted by molar-refractivity contribution is 0.153. The maximum Gasteiger partial charge on any atom is 0.123 e. The van der Waals surface area contributed by atoms with Crippen LogP contribution in [-0.4, -0.2) is 48.0 Å². The van der Waals surface area contributed by atoms with E-state index in [1.807, 2.05) is 24.4 Å². The molecule has 25 heavy (non-hydrogen) atoms. The molecule has 134 valence electrons. The molecule has 0 bridgehead atoms. The Morgan fingerprint density at radius 3 is 2.72 bits per heavy atom. The molecule has 0 amide bonds. The van der Waals surface area contributed by atoms with E-state index in [2.05, 4.69) is 27.9 Å². The van der Waals surface area contributed by atoms with Crippen molar-refractivity contribution in [2.24, 2.45) is 5.92 Å². The molecular formula is C21H28FN3. The third kappa shape index (κ3) is 5.91. The van der Waals surface area contributed by atoms with Gasteiger partial charge in [0.05, 0.1) is 5.69 Å². The minimum Gasteiger partial charge on any atom is -0.303 e. The van der Waals surface area contributed by atoms with Crippen molar-refractivity contribution in [1.29, 1.82) is 0 Å². The Labute approximate surface area is 150 Å². The van der Waals surface area contributed by atoms with Crippen LogP contribution in [0.2, 0.25) is 0 Å². The van der Waals surface area contributed by atoms with Gasteiger partial charge in [-0.2, -0.15) is 0 Å². The maximum atomic E-state index is 13.2. The highest BCUT2D eigenvalue weighted by atomic mass is 19.1. The van der Waals surface area contributed by atoms with E-state index in [1.54, 1.807) is 12.1 Å². The van der Waals surface area contributed by atoms with Crippen molar-refractivity contribution >= 4 is 0 Å². The van der Waals surface area contributed by atoms with Crippen molar-refractivity contribution < 1.29 is 4.39 Å². The van der Waals surface area contributed by atoms with Gasteiger partial charge in [-0.3, -0.25) is 4.98 Å². The van der Waals surface area contributed by atoms with E-state index in [4.69, 9.17) is 0 Å². The number of pyridine rings is 1. The lowest BCUT2D eigenvalue weighted by Crippen LogP contribution is -2.38. The second-order valence-corrected chi connectivity index (χ2v) is 7.18. The Morgan fingerprint density at radius 2 is 2.00 bits per heavy atom. The van der Waals surface area contributed by atoms with Gasteiger partial charge in [-0.15, -0.1) is 0 Å². The summed E-state index contributed by atoms with van der Waals surface area (Å²) >= 11 is 0. The van der Waals surface area contributed by atoms with Gasteiger partial charge >= 0.3 is 0 Å². The standard InChI is InChI=1S/C21H28FN3/c1-24(17-21-7-2-3-11-23-21)16-19-9-13-25(14-10-19)12-8-18-5-4-6-20(22)15-18/h2-7,11,15,19H,8-10,12-14,16-17H2,1H3. The third-order valence-corrected chi connectivity index (χ3v) is 5.04. The van der Waals surface area contributed by atoms with Crippen molar-refractivity contribution in [2.45, 2.75) is 25.8 Å². The smallest absolute Gasteiger partial charge is 0.123 e. The zero-order chi connectivity index (χ0) is 17.5. The SMILES string of the molecule is CN(Cc1ccccn1)CC1CCN(CCc2cccc(F)c2)CC1. The van der Waals surface area contributed by atoms with E-state index in [1.165, 1.54) is 18.9 Å². The topological polar surface area (TPSA) is 19.4 Å². The Hall–Kier alpha value is -1.78. The number of likely N-dealkylation sites (tertiary alicyclic amines) is 1. The van der Waals surface area contributed by atoms with E-state index in [-0.39, 0.29) is 5.82 Å². The molecule has 0 saturated carbocycles. The Balaban J connectivity index is 1.37. The molecule has 1 aliphatic heterocycles. The molecular weight excluding hydrogens is 313 g/mol. The molecule has 1 saturated heterocycles. The molecule has 1 aromatic carbocycles. The molecule has 1 aromatic heterocycles. The van der Waals surface area contributed by atoms with Gasteiger partial charge in [-0.05, 0) is 75.1 Å². The van der Waals surface area contributed by atoms with Gasteiger partial charge in [-0.25, -0.2) is 4.39 Å². The van der Waals surface area contributed by atoms with E-state index >= 15 is 0 Å². The van der Waals surface area contributed by atoms with Crippen molar-refractivity contribution in [3.63, 3.8) is 0 Å². The molecule has 3 nitrogen and oxygen atoms in total. The predicted molar refractivity (Wildman–Crippen MR) is 99.8 cm³/mol. The summed E-state index contributed by atoms with van der Waals surface area (Å²) in [6, 6.07) is 13.1. The van der Waals surface area contributed by atoms with Crippen LogP contribution in [0.3, 0.4) is 0 Å². The molecule has 0 aliphatic carbocycles. The lowest BCUT2D eigenvalue weighted by atomic mass is 9.96. The summed E-state index contributed by atoms with van der Waals surface area (Å²) in [6.07, 6.45) is 5.29. The third-order valence-electron chi connectivity index (χ3n) is 5.04. The molecule has 2 heterocycles. The Morgan fingerprint density at radius 1 is 1.16 bits per heavy atom. The number of nitrogens with zero attached hydrogens (tertiary/aromatic N) is 3. The molecule has 1 fully saturated rings. The summed E-state index contributed by atoms with van der Waals surface area (Å²) in [7, 11) is 2.19. The highest BCUT2D eigenvalue weighted by Gasteiger charge is 2.20. The van der Waals surface area contributed by atoms with Crippen molar-refractivity contribution in [1.82, 2.24) is 14.8 Å². The first kappa shape index (κ1) is 18.0. The highest BCUT2D eigenvalue weighted by Crippen LogP contribution is 2.19. The predicted octanol–water partition coefficient (Wildman–Crippen LogP) is 3.61. The maximum absolute atomic E-state index is 13.2. The number of hydrogen-bond acceptors (Lipinski definition) is 3. The zero-order valence-electron chi connectivity index (χ0n) is 15.1. The zero-order valence-corrected chi connectivity index (χ0v) is 15.1. The highest BCUT2D eigenvalue weighted by molar-refractivity contribution is 5.16. The lowest BCUT2D eigenvalue weighted by Gasteiger charge is -2.33. The molecule has 0 atom stereocenters. The fourth-order valence-corrected chi connectivity index (χ4v) is 3.65. The quantitative estimate of drug-likeness (QED) is 0.767. The van der Waals surface area contributed by atoms with E-state index in [0.717, 1.165) is 56.3 Å². The van der Waals surface area contributed by atoms with Crippen LogP contribution in [0, 0.1) is 11.7 Å². The number of piperidine rings is 1. The summed E-state index contributed by atoms with van der Waals surface area (Å²) < 4.78 is 13.2. The second kappa shape index (κ2) is 9.07. The van der Waals surface area contributed by atoms with Gasteiger partial charge < -0.3 is 9.80 Å². The second-order valence-electron chi connectivity index (χ2n) is 7.18. The van der Waals surface area contributed by atoms with Crippen molar-refractivity contribution in [3.8, 4) is 0 Å². The summed E-state index contributed by atoms with van der Waals surface area (Å²) in [5.41, 5.74) is 2.23. The molecule has 3 rings (SSSR count). The van der Waals surface area contributed by atoms with Crippen molar-refractivity contribution in [2.75, 3.05) is 33.2 Å². The average Bonchev–Trinajstić information content (AvgIpc) is 2.62. The Bertz CT molecular complexity index is 639. The minimum absolute atomic E-state index is 0.132. The van der Waals surface area contributed by atoms with Crippen LogP contribution in [0.15, 0.2) is 48.7 Å². The fraction of sp³-hybridized carbons (Fsp3) is 0.476. The Kier molecular flexibility index (Phi) is 6.54. The molecule has 0 N–H and O–H groups in total. The molecule has 0 radical (unpaired) electrons. The van der Waals surface area contributed by atoms with Crippen LogP contribution in [0.25, 0.3) is 0 Å². The van der Waals surface area contributed by atoms with Gasteiger partial charge in [-0.1, -0.05) is 18.2 Å². The van der Waals surface area contributed by atoms with Gasteiger partial charge in [0.15, 0.2) is 0 Å². The first-order chi connectivity index (χ1) is 12.2. The average molecular weight is 341 g/mol. The molecule has 2 aromatic rings. The van der Waals surface area contributed by atoms with Crippen LogP contribution in [0.4, 0.5) is 4.39 Å². The summed E-state index contributed by atoms with van der Waals surface area (Å²) in [5, 5.41) is 0. The molecule has 0 spiro atoms. The number of halogens is 1. The van der Waals surface area contributed by atoms with Gasteiger partial charge in [0.25, 0.3) is 0 Å². The normalized spacial score (nSPS) is 16.4. The molecule has 1 aliphatic rings. The van der Waals surface area contributed by atoms with E-state index in [9.17, 15) is 4.39 Å². The van der Waals surface area contributed by atoms with Crippen LogP contribution >= 0.6 is 0 Å². The number of aromatic nitrogens is 1. The monoisotopic (exact) mass is 341 g/mol. The summed E-state index contributed by atoms with van der Waals surface area (Å²) in [6.45, 7) is 5.38. The van der Waals surface area contributed by atoms with Crippen molar-refractivity contribution in [3.05, 3.63) is 65.7 Å². The minimum atomic E-state index is -0.132. The van der Waals surface area contributed by atoms with Gasteiger partial charge in [0.1, 0.15) is 5.82 Å². The van der Waals surface area contributed by atoms with Crippen LogP contribution in [-0.2, 0) is 13.0 Å². The van der Waals surface area contributed by atoms with Crippen LogP contribution in [0.1, 0.15) is 24.1 Å². The molecule has 4 heteroatoms.